The van der Waals surface area contributed by atoms with Crippen molar-refractivity contribution >= 4 is 29.1 Å². The highest BCUT2D eigenvalue weighted by atomic mass is 16.1. The number of nitrogens with zero attached hydrogens (tertiary/aromatic N) is 2. The molecule has 0 spiro atoms. The molecular weight excluding hydrogens is 374 g/mol. The van der Waals surface area contributed by atoms with Crippen molar-refractivity contribution in [2.45, 2.75) is 13.8 Å². The van der Waals surface area contributed by atoms with Crippen LogP contribution in [0.25, 0.3) is 6.08 Å². The monoisotopic (exact) mass is 395 g/mol. The van der Waals surface area contributed by atoms with Crippen molar-refractivity contribution in [2.24, 2.45) is 0 Å². The molecule has 148 valence electrons. The molecule has 0 unspecified atom stereocenters. The van der Waals surface area contributed by atoms with E-state index < -0.39 is 0 Å². The number of nitrogens with two attached hydrogens (primary N) is 1. The number of anilines is 2. The Bertz CT molecular complexity index is 1190. The minimum absolute atomic E-state index is 0.232. The maximum Gasteiger partial charge on any atom is 0.274 e. The molecule has 0 saturated carbocycles. The Morgan fingerprint density at radius 1 is 1.17 bits per heavy atom. The number of nitriles is 1. The highest BCUT2D eigenvalue weighted by Gasteiger charge is 2.15. The second kappa shape index (κ2) is 8.84. The minimum Gasteiger partial charge on any atom is -0.398 e. The van der Waals surface area contributed by atoms with Crippen molar-refractivity contribution in [2.75, 3.05) is 11.1 Å². The first-order chi connectivity index (χ1) is 14.4. The second-order valence-electron chi connectivity index (χ2n) is 6.80. The number of allylic oxidation sites excluding steroid dienone is 1. The van der Waals surface area contributed by atoms with Gasteiger partial charge >= 0.3 is 0 Å². The number of nitrogens with one attached hydrogen (secondary N) is 2. The first-order valence-electron chi connectivity index (χ1n) is 9.30. The third-order valence-corrected chi connectivity index (χ3v) is 4.82. The van der Waals surface area contributed by atoms with Crippen LogP contribution in [0.2, 0.25) is 0 Å². The summed E-state index contributed by atoms with van der Waals surface area (Å²) in [6.07, 6.45) is 4.90. The number of carbonyl (C=O) groups excluding carboxylic acids is 1. The topological polar surface area (TPSA) is 116 Å². The van der Waals surface area contributed by atoms with Gasteiger partial charge < -0.3 is 16.5 Å². The summed E-state index contributed by atoms with van der Waals surface area (Å²) in [6.45, 7) is 3.55. The Morgan fingerprint density at radius 3 is 2.60 bits per heavy atom. The summed E-state index contributed by atoms with van der Waals surface area (Å²) in [4.78, 5) is 16.8. The quantitative estimate of drug-likeness (QED) is 0.436. The van der Waals surface area contributed by atoms with Crippen LogP contribution in [0.1, 0.15) is 38.3 Å². The van der Waals surface area contributed by atoms with Gasteiger partial charge in [-0.2, -0.15) is 5.26 Å². The largest absolute Gasteiger partial charge is 0.398 e. The number of amides is 1. The van der Waals surface area contributed by atoms with Gasteiger partial charge in [-0.05, 0) is 54.8 Å². The molecule has 30 heavy (non-hydrogen) atoms. The predicted octanol–water partition coefficient (Wildman–Crippen LogP) is 4.49. The van der Waals surface area contributed by atoms with E-state index in [0.29, 0.717) is 28.1 Å². The number of rotatable bonds is 5. The summed E-state index contributed by atoms with van der Waals surface area (Å²) in [5.74, 6) is -0.387. The molecule has 2 aromatic carbocycles. The molecule has 0 aliphatic carbocycles. The van der Waals surface area contributed by atoms with E-state index in [1.807, 2.05) is 36.4 Å². The molecule has 0 aliphatic rings. The van der Waals surface area contributed by atoms with Crippen LogP contribution in [-0.2, 0) is 0 Å². The summed E-state index contributed by atoms with van der Waals surface area (Å²) in [5.41, 5.74) is 10.8. The zero-order valence-corrected chi connectivity index (χ0v) is 16.7. The fourth-order valence-corrected chi connectivity index (χ4v) is 2.94. The number of hydrogen-bond acceptors (Lipinski definition) is 5. The molecule has 0 radical (unpaired) electrons. The van der Waals surface area contributed by atoms with E-state index in [4.69, 9.17) is 16.4 Å². The van der Waals surface area contributed by atoms with E-state index in [1.54, 1.807) is 38.1 Å². The predicted molar refractivity (Wildman–Crippen MR) is 120 cm³/mol. The van der Waals surface area contributed by atoms with Crippen LogP contribution in [0.15, 0.2) is 60.8 Å². The summed E-state index contributed by atoms with van der Waals surface area (Å²) in [6, 6.07) is 16.7. The van der Waals surface area contributed by atoms with E-state index in [1.165, 1.54) is 6.20 Å². The summed E-state index contributed by atoms with van der Waals surface area (Å²) in [5, 5.41) is 20.3. The van der Waals surface area contributed by atoms with Gasteiger partial charge in [0.25, 0.3) is 5.91 Å². The van der Waals surface area contributed by atoms with Gasteiger partial charge in [0.2, 0.25) is 0 Å². The van der Waals surface area contributed by atoms with E-state index in [2.05, 4.69) is 16.4 Å². The Morgan fingerprint density at radius 2 is 1.90 bits per heavy atom. The molecule has 0 bridgehead atoms. The summed E-state index contributed by atoms with van der Waals surface area (Å²) < 4.78 is 0. The Hall–Kier alpha value is -4.24. The van der Waals surface area contributed by atoms with Crippen LogP contribution in [0.4, 0.5) is 11.4 Å². The number of nitrogen functional groups attached to an aromatic ring is 1. The SMILES string of the molecule is Cc1c(C#N)cnc(C(=O)Nc2ccc(N)c(C(=N)/C=C/c3ccccc3)c2)c1C. The average molecular weight is 395 g/mol. The third-order valence-electron chi connectivity index (χ3n) is 4.82. The molecular formula is C24H21N5O. The Balaban J connectivity index is 1.82. The fraction of sp³-hybridized carbons (Fsp3) is 0.0833. The lowest BCUT2D eigenvalue weighted by atomic mass is 10.0. The first kappa shape index (κ1) is 20.5. The lowest BCUT2D eigenvalue weighted by molar-refractivity contribution is 0.102. The van der Waals surface area contributed by atoms with Crippen molar-refractivity contribution < 1.29 is 4.79 Å². The Kier molecular flexibility index (Phi) is 6.04. The van der Waals surface area contributed by atoms with Crippen LogP contribution in [0.3, 0.4) is 0 Å². The number of hydrogen-bond donors (Lipinski definition) is 3. The zero-order valence-electron chi connectivity index (χ0n) is 16.7. The molecule has 1 amide bonds. The number of pyridine rings is 1. The summed E-state index contributed by atoms with van der Waals surface area (Å²) >= 11 is 0. The molecule has 3 aromatic rings. The van der Waals surface area contributed by atoms with E-state index in [0.717, 1.165) is 11.1 Å². The van der Waals surface area contributed by atoms with Crippen LogP contribution in [0.5, 0.6) is 0 Å². The van der Waals surface area contributed by atoms with E-state index in [9.17, 15) is 4.79 Å². The molecule has 0 saturated heterocycles. The lowest BCUT2D eigenvalue weighted by Crippen LogP contribution is -2.17. The maximum absolute atomic E-state index is 12.7. The van der Waals surface area contributed by atoms with Crippen LogP contribution < -0.4 is 11.1 Å². The first-order valence-corrected chi connectivity index (χ1v) is 9.30. The van der Waals surface area contributed by atoms with Gasteiger partial charge in [-0.15, -0.1) is 0 Å². The van der Waals surface area contributed by atoms with Crippen molar-refractivity contribution in [1.82, 2.24) is 4.98 Å². The normalized spacial score (nSPS) is 10.6. The van der Waals surface area contributed by atoms with Crippen LogP contribution >= 0.6 is 0 Å². The molecule has 1 heterocycles. The maximum atomic E-state index is 12.7. The van der Waals surface area contributed by atoms with Gasteiger partial charge in [-0.3, -0.25) is 4.79 Å². The molecule has 0 aliphatic heterocycles. The summed E-state index contributed by atoms with van der Waals surface area (Å²) in [7, 11) is 0. The highest BCUT2D eigenvalue weighted by Crippen LogP contribution is 2.21. The molecule has 3 rings (SSSR count). The molecule has 6 nitrogen and oxygen atoms in total. The average Bonchev–Trinajstić information content (AvgIpc) is 2.75. The standard InChI is InChI=1S/C24H21N5O/c1-15-16(2)23(28-14-18(15)13-25)24(30)29-19-9-11-22(27)20(12-19)21(26)10-8-17-6-4-3-5-7-17/h3-12,14,26H,27H2,1-2H3,(H,29,30)/b10-8+,26-21?. The number of benzene rings is 2. The smallest absolute Gasteiger partial charge is 0.274 e. The molecule has 0 fully saturated rings. The van der Waals surface area contributed by atoms with Crippen molar-refractivity contribution in [3.8, 4) is 6.07 Å². The lowest BCUT2D eigenvalue weighted by Gasteiger charge is -2.12. The minimum atomic E-state index is -0.387. The van der Waals surface area contributed by atoms with Crippen molar-refractivity contribution in [3.05, 3.63) is 94.3 Å². The van der Waals surface area contributed by atoms with Crippen molar-refractivity contribution in [3.63, 3.8) is 0 Å². The molecule has 0 atom stereocenters. The van der Waals surface area contributed by atoms with Crippen LogP contribution in [-0.4, -0.2) is 16.6 Å². The Labute approximate surface area is 175 Å². The number of aromatic nitrogens is 1. The van der Waals surface area contributed by atoms with Crippen LogP contribution in [0, 0.1) is 30.6 Å². The molecule has 1 aromatic heterocycles. The van der Waals surface area contributed by atoms with Gasteiger partial charge in [0.1, 0.15) is 11.8 Å². The van der Waals surface area contributed by atoms with E-state index in [-0.39, 0.29) is 17.3 Å². The van der Waals surface area contributed by atoms with Gasteiger partial charge in [-0.25, -0.2) is 4.98 Å². The van der Waals surface area contributed by atoms with Gasteiger partial charge in [0.15, 0.2) is 0 Å². The van der Waals surface area contributed by atoms with Crippen molar-refractivity contribution in [1.29, 1.82) is 10.7 Å². The second-order valence-corrected chi connectivity index (χ2v) is 6.80. The highest BCUT2D eigenvalue weighted by molar-refractivity contribution is 6.13. The fourth-order valence-electron chi connectivity index (χ4n) is 2.94. The van der Waals surface area contributed by atoms with E-state index >= 15 is 0 Å². The molecule has 4 N–H and O–H groups in total. The third kappa shape index (κ3) is 4.42. The number of carbonyl (C=O) groups is 1. The molecule has 6 heteroatoms. The van der Waals surface area contributed by atoms with Gasteiger partial charge in [0, 0.05) is 23.1 Å². The zero-order chi connectivity index (χ0) is 21.7. The van der Waals surface area contributed by atoms with Gasteiger partial charge in [0.05, 0.1) is 11.3 Å². The van der Waals surface area contributed by atoms with Gasteiger partial charge in [-0.1, -0.05) is 36.4 Å².